The molecule has 5 heteroatoms. The maximum atomic E-state index is 11.4. The summed E-state index contributed by atoms with van der Waals surface area (Å²) in [5.41, 5.74) is 6.08. The predicted octanol–water partition coefficient (Wildman–Crippen LogP) is 0.986. The normalized spacial score (nSPS) is 10.7. The largest absolute Gasteiger partial charge is 0.325 e. The lowest BCUT2D eigenvalue weighted by atomic mass is 10.1. The molecule has 0 unspecified atom stereocenters. The van der Waals surface area contributed by atoms with Gasteiger partial charge in [-0.25, -0.2) is 5.10 Å². The van der Waals surface area contributed by atoms with Crippen molar-refractivity contribution < 1.29 is 0 Å². The van der Waals surface area contributed by atoms with E-state index in [0.717, 1.165) is 14.7 Å². The van der Waals surface area contributed by atoms with Crippen LogP contribution in [0.3, 0.4) is 0 Å². The lowest BCUT2D eigenvalue weighted by molar-refractivity contribution is 0.900. The van der Waals surface area contributed by atoms with Crippen LogP contribution in [-0.2, 0) is 6.54 Å². The van der Waals surface area contributed by atoms with Crippen molar-refractivity contribution in [1.29, 1.82) is 0 Å². The zero-order chi connectivity index (χ0) is 10.1. The molecule has 4 nitrogen and oxygen atoms in total. The highest BCUT2D eigenvalue weighted by Gasteiger charge is 2.04. The Labute approximate surface area is 93.6 Å². The van der Waals surface area contributed by atoms with E-state index in [0.29, 0.717) is 11.9 Å². The first-order valence-corrected chi connectivity index (χ1v) is 5.17. The number of H-pyrrole nitrogens is 1. The van der Waals surface area contributed by atoms with Crippen LogP contribution in [0.5, 0.6) is 0 Å². The van der Waals surface area contributed by atoms with Crippen LogP contribution in [0.1, 0.15) is 5.69 Å². The molecule has 0 aliphatic rings. The molecule has 0 amide bonds. The summed E-state index contributed by atoms with van der Waals surface area (Å²) in [6.45, 7) is 0.327. The van der Waals surface area contributed by atoms with Crippen molar-refractivity contribution in [3.63, 3.8) is 0 Å². The van der Waals surface area contributed by atoms with E-state index in [2.05, 4.69) is 32.8 Å². The minimum Gasteiger partial charge on any atom is -0.325 e. The Morgan fingerprint density at radius 1 is 1.43 bits per heavy atom. The second-order valence-corrected chi connectivity index (χ2v) is 4.14. The van der Waals surface area contributed by atoms with Gasteiger partial charge in [0.1, 0.15) is 0 Å². The highest BCUT2D eigenvalue weighted by atomic mass is 127. The Morgan fingerprint density at radius 2 is 2.21 bits per heavy atom. The van der Waals surface area contributed by atoms with Gasteiger partial charge >= 0.3 is 0 Å². The van der Waals surface area contributed by atoms with Crippen molar-refractivity contribution >= 4 is 33.4 Å². The van der Waals surface area contributed by atoms with Crippen molar-refractivity contribution in [3.05, 3.63) is 37.8 Å². The Bertz CT molecular complexity index is 535. The summed E-state index contributed by atoms with van der Waals surface area (Å²) in [5.74, 6) is 0. The summed E-state index contributed by atoms with van der Waals surface area (Å²) in [6.07, 6.45) is 0. The first kappa shape index (κ1) is 9.60. The van der Waals surface area contributed by atoms with Crippen molar-refractivity contribution in [2.24, 2.45) is 5.73 Å². The van der Waals surface area contributed by atoms with Crippen molar-refractivity contribution in [1.82, 2.24) is 10.2 Å². The molecule has 14 heavy (non-hydrogen) atoms. The van der Waals surface area contributed by atoms with Crippen LogP contribution < -0.4 is 11.3 Å². The number of nitrogens with two attached hydrogens (primary N) is 1. The monoisotopic (exact) mass is 301 g/mol. The second kappa shape index (κ2) is 3.66. The van der Waals surface area contributed by atoms with E-state index in [4.69, 9.17) is 5.73 Å². The number of benzene rings is 1. The molecule has 0 saturated carbocycles. The number of nitrogens with one attached hydrogen (secondary N) is 1. The summed E-state index contributed by atoms with van der Waals surface area (Å²) >= 11 is 2.19. The van der Waals surface area contributed by atoms with Gasteiger partial charge in [-0.2, -0.15) is 5.10 Å². The molecule has 3 N–H and O–H groups in total. The molecule has 0 spiro atoms. The molecule has 2 aromatic rings. The van der Waals surface area contributed by atoms with Crippen molar-refractivity contribution in [3.8, 4) is 0 Å². The van der Waals surface area contributed by atoms with Gasteiger partial charge in [-0.05, 0) is 40.8 Å². The number of fused-ring (bicyclic) bond motifs is 1. The van der Waals surface area contributed by atoms with E-state index in [1.165, 1.54) is 0 Å². The Kier molecular flexibility index (Phi) is 2.51. The molecule has 0 atom stereocenters. The second-order valence-electron chi connectivity index (χ2n) is 2.89. The third-order valence-corrected chi connectivity index (χ3v) is 2.69. The van der Waals surface area contributed by atoms with Gasteiger partial charge in [-0.15, -0.1) is 0 Å². The van der Waals surface area contributed by atoms with E-state index >= 15 is 0 Å². The quantitative estimate of drug-likeness (QED) is 0.772. The first-order chi connectivity index (χ1) is 6.72. The number of hydrogen-bond acceptors (Lipinski definition) is 3. The smallest absolute Gasteiger partial charge is 0.272 e. The molecule has 2 rings (SSSR count). The molecule has 0 bridgehead atoms. The number of aromatic amines is 1. The Morgan fingerprint density at radius 3 is 2.93 bits per heavy atom. The lowest BCUT2D eigenvalue weighted by Crippen LogP contribution is -2.13. The van der Waals surface area contributed by atoms with E-state index in [1.54, 1.807) is 6.07 Å². The molecule has 0 aliphatic carbocycles. The van der Waals surface area contributed by atoms with Crippen LogP contribution in [0.2, 0.25) is 0 Å². The van der Waals surface area contributed by atoms with E-state index < -0.39 is 0 Å². The molecule has 1 aromatic heterocycles. The highest BCUT2D eigenvalue weighted by Crippen LogP contribution is 2.16. The van der Waals surface area contributed by atoms with Crippen LogP contribution in [0.25, 0.3) is 10.8 Å². The highest BCUT2D eigenvalue weighted by molar-refractivity contribution is 14.1. The molecule has 1 aromatic carbocycles. The topological polar surface area (TPSA) is 71.8 Å². The maximum Gasteiger partial charge on any atom is 0.272 e. The van der Waals surface area contributed by atoms with Gasteiger partial charge in [0.15, 0.2) is 0 Å². The Balaban J connectivity index is 2.92. The van der Waals surface area contributed by atoms with Gasteiger partial charge in [0, 0.05) is 15.5 Å². The van der Waals surface area contributed by atoms with Crippen molar-refractivity contribution in [2.75, 3.05) is 0 Å². The number of halogens is 1. The average molecular weight is 301 g/mol. The summed E-state index contributed by atoms with van der Waals surface area (Å²) < 4.78 is 1.07. The number of hydrogen-bond donors (Lipinski definition) is 2. The Hall–Kier alpha value is -0.950. The minimum absolute atomic E-state index is 0.173. The van der Waals surface area contributed by atoms with E-state index in [-0.39, 0.29) is 5.56 Å². The SMILES string of the molecule is NCc1n[nH]c(=O)c2ccc(I)cc12. The molecule has 0 radical (unpaired) electrons. The summed E-state index contributed by atoms with van der Waals surface area (Å²) in [5, 5.41) is 7.80. The molecular formula is C9H8IN3O. The van der Waals surface area contributed by atoms with Crippen LogP contribution in [0.15, 0.2) is 23.0 Å². The number of nitrogens with zero attached hydrogens (tertiary/aromatic N) is 1. The molecule has 0 aliphatic heterocycles. The van der Waals surface area contributed by atoms with Crippen molar-refractivity contribution in [2.45, 2.75) is 6.54 Å². The fourth-order valence-corrected chi connectivity index (χ4v) is 1.84. The van der Waals surface area contributed by atoms with E-state index in [9.17, 15) is 4.79 Å². The van der Waals surface area contributed by atoms with Gasteiger partial charge < -0.3 is 5.73 Å². The minimum atomic E-state index is -0.173. The van der Waals surface area contributed by atoms with Crippen LogP contribution in [-0.4, -0.2) is 10.2 Å². The molecule has 0 saturated heterocycles. The first-order valence-electron chi connectivity index (χ1n) is 4.09. The van der Waals surface area contributed by atoms with Crippen LogP contribution in [0, 0.1) is 3.57 Å². The molecule has 0 fully saturated rings. The van der Waals surface area contributed by atoms with Gasteiger partial charge in [-0.3, -0.25) is 4.79 Å². The zero-order valence-electron chi connectivity index (χ0n) is 7.25. The van der Waals surface area contributed by atoms with Gasteiger partial charge in [0.25, 0.3) is 5.56 Å². The fourth-order valence-electron chi connectivity index (χ4n) is 1.35. The molecular weight excluding hydrogens is 293 g/mol. The van der Waals surface area contributed by atoms with Gasteiger partial charge in [0.2, 0.25) is 0 Å². The number of rotatable bonds is 1. The fraction of sp³-hybridized carbons (Fsp3) is 0.111. The summed E-state index contributed by atoms with van der Waals surface area (Å²) in [4.78, 5) is 11.4. The molecule has 1 heterocycles. The maximum absolute atomic E-state index is 11.4. The zero-order valence-corrected chi connectivity index (χ0v) is 9.41. The van der Waals surface area contributed by atoms with E-state index in [1.807, 2.05) is 12.1 Å². The standard InChI is InChI=1S/C9H8IN3O/c10-5-1-2-6-7(3-5)8(4-11)12-13-9(6)14/h1-3H,4,11H2,(H,13,14). The summed E-state index contributed by atoms with van der Waals surface area (Å²) in [6, 6.07) is 5.59. The average Bonchev–Trinajstić information content (AvgIpc) is 2.18. The third-order valence-electron chi connectivity index (χ3n) is 2.02. The lowest BCUT2D eigenvalue weighted by Gasteiger charge is -2.02. The van der Waals surface area contributed by atoms with Crippen LogP contribution >= 0.6 is 22.6 Å². The third kappa shape index (κ3) is 1.53. The van der Waals surface area contributed by atoms with Crippen LogP contribution in [0.4, 0.5) is 0 Å². The predicted molar refractivity (Wildman–Crippen MR) is 63.0 cm³/mol. The molecule has 72 valence electrons. The number of aromatic nitrogens is 2. The van der Waals surface area contributed by atoms with Gasteiger partial charge in [0.05, 0.1) is 11.1 Å². The van der Waals surface area contributed by atoms with Gasteiger partial charge in [-0.1, -0.05) is 0 Å². The summed E-state index contributed by atoms with van der Waals surface area (Å²) in [7, 11) is 0.